The van der Waals surface area contributed by atoms with Gasteiger partial charge in [0.15, 0.2) is 0 Å². The van der Waals surface area contributed by atoms with Crippen LogP contribution in [0.25, 0.3) is 0 Å². The van der Waals surface area contributed by atoms with Gasteiger partial charge in [-0.15, -0.1) is 0 Å². The summed E-state index contributed by atoms with van der Waals surface area (Å²) in [4.78, 5) is 0. The Morgan fingerprint density at radius 1 is 0.577 bits per heavy atom. The molecule has 0 N–H and O–H groups in total. The number of rotatable bonds is 8. The zero-order chi connectivity index (χ0) is 17.6. The topological polar surface area (TPSA) is 0 Å². The Balaban J connectivity index is 1.07. The molecule has 4 aliphatic carbocycles. The lowest BCUT2D eigenvalue weighted by Crippen LogP contribution is -2.12. The van der Waals surface area contributed by atoms with Crippen LogP contribution in [-0.4, -0.2) is 0 Å². The lowest BCUT2D eigenvalue weighted by molar-refractivity contribution is 0.384. The molecule has 2 saturated carbocycles. The van der Waals surface area contributed by atoms with Gasteiger partial charge in [-0.2, -0.15) is 0 Å². The lowest BCUT2D eigenvalue weighted by Gasteiger charge is -2.21. The summed E-state index contributed by atoms with van der Waals surface area (Å²) in [6, 6.07) is 0. The van der Waals surface area contributed by atoms with Gasteiger partial charge in [0, 0.05) is 0 Å². The molecule has 4 aliphatic rings. The Hall–Kier alpha value is -1.30. The molecule has 4 rings (SSSR count). The van der Waals surface area contributed by atoms with Crippen LogP contribution in [0.3, 0.4) is 0 Å². The molecule has 140 valence electrons. The van der Waals surface area contributed by atoms with Crippen LogP contribution in [0.2, 0.25) is 0 Å². The summed E-state index contributed by atoms with van der Waals surface area (Å²) in [7, 11) is 0. The maximum Gasteiger partial charge on any atom is -0.0139 e. The minimum Gasteiger partial charge on any atom is -0.0885 e. The standard InChI is InChI=1S/C26H36/c1(3-5-11-21-17-19-23-13-7-9-15-25(21)23)2-4-6-12-22-18-20-24-14-8-10-16-26(22)24/h1-2,7-10,13-16,21-26H,3-6,11-12,17-20H2/b2-1+. The first-order valence-electron chi connectivity index (χ1n) is 11.3. The van der Waals surface area contributed by atoms with E-state index >= 15 is 0 Å². The van der Waals surface area contributed by atoms with Crippen LogP contribution < -0.4 is 0 Å². The molecule has 6 atom stereocenters. The van der Waals surface area contributed by atoms with Crippen LogP contribution >= 0.6 is 0 Å². The normalized spacial score (nSPS) is 37.5. The van der Waals surface area contributed by atoms with E-state index in [9.17, 15) is 0 Å². The van der Waals surface area contributed by atoms with E-state index in [-0.39, 0.29) is 0 Å². The third-order valence-electron chi connectivity index (χ3n) is 7.48. The van der Waals surface area contributed by atoms with Crippen molar-refractivity contribution in [2.45, 2.75) is 64.2 Å². The highest BCUT2D eigenvalue weighted by atomic mass is 14.4. The quantitative estimate of drug-likeness (QED) is 0.316. The molecule has 6 unspecified atom stereocenters. The van der Waals surface area contributed by atoms with Gasteiger partial charge in [0.1, 0.15) is 0 Å². The number of allylic oxidation sites excluding steroid dienone is 10. The minimum absolute atomic E-state index is 0.850. The summed E-state index contributed by atoms with van der Waals surface area (Å²) in [5.74, 6) is 5.30. The van der Waals surface area contributed by atoms with Crippen molar-refractivity contribution < 1.29 is 0 Å². The van der Waals surface area contributed by atoms with Crippen molar-refractivity contribution in [3.63, 3.8) is 0 Å². The Bertz CT molecular complexity index is 535. The average Bonchev–Trinajstić information content (AvgIpc) is 3.28. The smallest absolute Gasteiger partial charge is 0.0139 e. The molecule has 2 fully saturated rings. The Kier molecular flexibility index (Phi) is 6.31. The third kappa shape index (κ3) is 4.33. The second-order valence-electron chi connectivity index (χ2n) is 9.03. The first-order chi connectivity index (χ1) is 12.9. The molecule has 0 spiro atoms. The summed E-state index contributed by atoms with van der Waals surface area (Å²) in [6.45, 7) is 0. The number of unbranched alkanes of at least 4 members (excludes halogenated alkanes) is 2. The maximum atomic E-state index is 2.48. The molecule has 0 nitrogen and oxygen atoms in total. The number of fused-ring (bicyclic) bond motifs is 2. The highest BCUT2D eigenvalue weighted by molar-refractivity contribution is 5.18. The zero-order valence-electron chi connectivity index (χ0n) is 16.3. The largest absolute Gasteiger partial charge is 0.0885 e. The van der Waals surface area contributed by atoms with E-state index in [2.05, 4.69) is 60.8 Å². The first-order valence-corrected chi connectivity index (χ1v) is 11.3. The predicted octanol–water partition coefficient (Wildman–Crippen LogP) is 7.42. The molecule has 26 heavy (non-hydrogen) atoms. The van der Waals surface area contributed by atoms with Crippen LogP contribution in [0.15, 0.2) is 60.8 Å². The van der Waals surface area contributed by atoms with E-state index in [0.717, 1.165) is 35.5 Å². The van der Waals surface area contributed by atoms with Crippen LogP contribution in [-0.2, 0) is 0 Å². The maximum absolute atomic E-state index is 2.48. The van der Waals surface area contributed by atoms with Gasteiger partial charge in [-0.25, -0.2) is 0 Å². The van der Waals surface area contributed by atoms with Gasteiger partial charge in [-0.05, 0) is 99.7 Å². The SMILES string of the molecule is C1=CC2CCC(CCC/C=C/CCCC3CCC4C=CC=CC43)C2C=C1. The summed E-state index contributed by atoms with van der Waals surface area (Å²) >= 11 is 0. The second-order valence-corrected chi connectivity index (χ2v) is 9.03. The van der Waals surface area contributed by atoms with Crippen LogP contribution in [0.5, 0.6) is 0 Å². The van der Waals surface area contributed by atoms with Crippen molar-refractivity contribution in [1.29, 1.82) is 0 Å². The molecule has 0 aliphatic heterocycles. The predicted molar refractivity (Wildman–Crippen MR) is 113 cm³/mol. The van der Waals surface area contributed by atoms with Gasteiger partial charge in [-0.3, -0.25) is 0 Å². The molecule has 0 amide bonds. The van der Waals surface area contributed by atoms with Gasteiger partial charge in [0.2, 0.25) is 0 Å². The monoisotopic (exact) mass is 348 g/mol. The molecular weight excluding hydrogens is 312 g/mol. The molecule has 0 aromatic carbocycles. The van der Waals surface area contributed by atoms with Gasteiger partial charge in [0.25, 0.3) is 0 Å². The fraction of sp³-hybridized carbons (Fsp3) is 0.615. The lowest BCUT2D eigenvalue weighted by atomic mass is 9.84. The van der Waals surface area contributed by atoms with Crippen molar-refractivity contribution in [1.82, 2.24) is 0 Å². The van der Waals surface area contributed by atoms with E-state index in [1.165, 1.54) is 64.2 Å². The van der Waals surface area contributed by atoms with Crippen LogP contribution in [0, 0.1) is 35.5 Å². The van der Waals surface area contributed by atoms with Crippen molar-refractivity contribution in [3.8, 4) is 0 Å². The molecule has 0 aromatic heterocycles. The summed E-state index contributed by atoms with van der Waals surface area (Å²) in [5, 5.41) is 0. The Labute approximate surface area is 160 Å². The van der Waals surface area contributed by atoms with E-state index in [4.69, 9.17) is 0 Å². The summed E-state index contributed by atoms with van der Waals surface area (Å²) < 4.78 is 0. The van der Waals surface area contributed by atoms with Crippen molar-refractivity contribution in [2.24, 2.45) is 35.5 Å². The average molecular weight is 349 g/mol. The minimum atomic E-state index is 0.850. The second kappa shape index (κ2) is 9.07. The molecular formula is C26H36. The summed E-state index contributed by atoms with van der Waals surface area (Å²) in [5.41, 5.74) is 0. The molecule has 0 heteroatoms. The molecule has 0 saturated heterocycles. The fourth-order valence-electron chi connectivity index (χ4n) is 6.03. The fourth-order valence-corrected chi connectivity index (χ4v) is 6.03. The Morgan fingerprint density at radius 2 is 1.04 bits per heavy atom. The van der Waals surface area contributed by atoms with E-state index in [1.807, 2.05) is 0 Å². The molecule has 0 heterocycles. The molecule has 0 radical (unpaired) electrons. The molecule has 0 aromatic rings. The third-order valence-corrected chi connectivity index (χ3v) is 7.48. The van der Waals surface area contributed by atoms with Gasteiger partial charge < -0.3 is 0 Å². The van der Waals surface area contributed by atoms with Crippen molar-refractivity contribution in [3.05, 3.63) is 60.8 Å². The first kappa shape index (κ1) is 18.1. The summed E-state index contributed by atoms with van der Waals surface area (Å²) in [6.07, 6.45) is 37.7. The number of hydrogen-bond acceptors (Lipinski definition) is 0. The van der Waals surface area contributed by atoms with Crippen molar-refractivity contribution >= 4 is 0 Å². The van der Waals surface area contributed by atoms with E-state index < -0.39 is 0 Å². The van der Waals surface area contributed by atoms with Crippen LogP contribution in [0.4, 0.5) is 0 Å². The zero-order valence-corrected chi connectivity index (χ0v) is 16.3. The van der Waals surface area contributed by atoms with Crippen molar-refractivity contribution in [2.75, 3.05) is 0 Å². The number of hydrogen-bond donors (Lipinski definition) is 0. The van der Waals surface area contributed by atoms with Gasteiger partial charge >= 0.3 is 0 Å². The van der Waals surface area contributed by atoms with E-state index in [1.54, 1.807) is 0 Å². The highest BCUT2D eigenvalue weighted by Gasteiger charge is 2.33. The van der Waals surface area contributed by atoms with E-state index in [0.29, 0.717) is 0 Å². The highest BCUT2D eigenvalue weighted by Crippen LogP contribution is 2.43. The van der Waals surface area contributed by atoms with Crippen LogP contribution in [0.1, 0.15) is 64.2 Å². The Morgan fingerprint density at radius 3 is 1.54 bits per heavy atom. The van der Waals surface area contributed by atoms with Gasteiger partial charge in [-0.1, -0.05) is 60.8 Å². The molecule has 0 bridgehead atoms. The van der Waals surface area contributed by atoms with Gasteiger partial charge in [0.05, 0.1) is 0 Å².